The third kappa shape index (κ3) is 4.10. The highest BCUT2D eigenvalue weighted by Crippen LogP contribution is 2.31. The van der Waals surface area contributed by atoms with E-state index >= 15 is 0 Å². The van der Waals surface area contributed by atoms with Crippen molar-refractivity contribution >= 4 is 22.5 Å². The SMILES string of the molecule is CCN(C(=O)CCCc1c(-c2ccccn2)[nH]c2ccc(F)cc12)c1ccccc1. The van der Waals surface area contributed by atoms with Gasteiger partial charge in [-0.05, 0) is 67.8 Å². The van der Waals surface area contributed by atoms with E-state index in [1.807, 2.05) is 55.5 Å². The first-order chi connectivity index (χ1) is 14.7. The summed E-state index contributed by atoms with van der Waals surface area (Å²) in [5, 5.41) is 0.846. The van der Waals surface area contributed by atoms with Crippen LogP contribution < -0.4 is 4.90 Å². The molecule has 1 N–H and O–H groups in total. The van der Waals surface area contributed by atoms with Gasteiger partial charge in [0.25, 0.3) is 0 Å². The van der Waals surface area contributed by atoms with E-state index in [9.17, 15) is 9.18 Å². The Morgan fingerprint density at radius 1 is 1.07 bits per heavy atom. The second kappa shape index (κ2) is 8.91. The van der Waals surface area contributed by atoms with Crippen molar-refractivity contribution in [1.82, 2.24) is 9.97 Å². The monoisotopic (exact) mass is 401 g/mol. The maximum Gasteiger partial charge on any atom is 0.226 e. The summed E-state index contributed by atoms with van der Waals surface area (Å²) < 4.78 is 13.9. The molecule has 0 atom stereocenters. The predicted octanol–water partition coefficient (Wildman–Crippen LogP) is 5.74. The minimum absolute atomic E-state index is 0.0918. The molecule has 2 heterocycles. The molecule has 0 saturated carbocycles. The van der Waals surface area contributed by atoms with E-state index in [-0.39, 0.29) is 11.7 Å². The number of aromatic amines is 1. The van der Waals surface area contributed by atoms with Gasteiger partial charge in [-0.3, -0.25) is 9.78 Å². The molecule has 4 nitrogen and oxygen atoms in total. The molecular weight excluding hydrogens is 377 g/mol. The van der Waals surface area contributed by atoms with E-state index < -0.39 is 0 Å². The number of hydrogen-bond acceptors (Lipinski definition) is 2. The summed E-state index contributed by atoms with van der Waals surface area (Å²) in [6.07, 6.45) is 3.50. The average Bonchev–Trinajstić information content (AvgIpc) is 3.13. The number of nitrogens with zero attached hydrogens (tertiary/aromatic N) is 2. The van der Waals surface area contributed by atoms with Gasteiger partial charge in [0.15, 0.2) is 0 Å². The van der Waals surface area contributed by atoms with Gasteiger partial charge in [0, 0.05) is 35.8 Å². The Bertz CT molecular complexity index is 1140. The lowest BCUT2D eigenvalue weighted by atomic mass is 10.0. The third-order valence-electron chi connectivity index (χ3n) is 5.29. The van der Waals surface area contributed by atoms with Crippen LogP contribution in [0.4, 0.5) is 10.1 Å². The van der Waals surface area contributed by atoms with Gasteiger partial charge in [-0.15, -0.1) is 0 Å². The first kappa shape index (κ1) is 19.8. The van der Waals surface area contributed by atoms with Crippen LogP contribution in [0.1, 0.15) is 25.3 Å². The molecule has 0 spiro atoms. The van der Waals surface area contributed by atoms with Gasteiger partial charge in [-0.1, -0.05) is 24.3 Å². The van der Waals surface area contributed by atoms with Crippen molar-refractivity contribution in [2.75, 3.05) is 11.4 Å². The molecule has 0 fully saturated rings. The Balaban J connectivity index is 1.56. The molecule has 0 radical (unpaired) electrons. The summed E-state index contributed by atoms with van der Waals surface area (Å²) in [4.78, 5) is 22.5. The number of carbonyl (C=O) groups excluding carboxylic acids is 1. The Labute approximate surface area is 175 Å². The van der Waals surface area contributed by atoms with Gasteiger partial charge in [0.1, 0.15) is 5.82 Å². The number of pyridine rings is 1. The second-order valence-electron chi connectivity index (χ2n) is 7.21. The highest BCUT2D eigenvalue weighted by molar-refractivity contribution is 5.93. The number of nitrogens with one attached hydrogen (secondary N) is 1. The lowest BCUT2D eigenvalue weighted by molar-refractivity contribution is -0.118. The number of benzene rings is 2. The van der Waals surface area contributed by atoms with E-state index in [0.717, 1.165) is 33.5 Å². The summed E-state index contributed by atoms with van der Waals surface area (Å²) in [5.74, 6) is -0.179. The topological polar surface area (TPSA) is 49.0 Å². The smallest absolute Gasteiger partial charge is 0.226 e. The number of amides is 1. The molecule has 0 unspecified atom stereocenters. The summed E-state index contributed by atoms with van der Waals surface area (Å²) >= 11 is 0. The van der Waals surface area contributed by atoms with Gasteiger partial charge in [-0.25, -0.2) is 4.39 Å². The van der Waals surface area contributed by atoms with Crippen LogP contribution in [-0.4, -0.2) is 22.4 Å². The molecule has 0 bridgehead atoms. The Hall–Kier alpha value is -3.47. The highest BCUT2D eigenvalue weighted by Gasteiger charge is 2.17. The molecule has 2 aromatic carbocycles. The average molecular weight is 401 g/mol. The molecule has 0 saturated heterocycles. The molecule has 0 aliphatic rings. The van der Waals surface area contributed by atoms with Gasteiger partial charge in [0.05, 0.1) is 11.4 Å². The molecule has 1 amide bonds. The van der Waals surface area contributed by atoms with Gasteiger partial charge in [-0.2, -0.15) is 0 Å². The molecule has 0 aliphatic carbocycles. The van der Waals surface area contributed by atoms with Crippen LogP contribution in [0.25, 0.3) is 22.3 Å². The Kier molecular flexibility index (Phi) is 5.89. The van der Waals surface area contributed by atoms with Crippen molar-refractivity contribution in [2.24, 2.45) is 0 Å². The molecule has 4 aromatic rings. The van der Waals surface area contributed by atoms with Crippen LogP contribution >= 0.6 is 0 Å². The molecule has 152 valence electrons. The van der Waals surface area contributed by atoms with E-state index in [1.54, 1.807) is 23.2 Å². The zero-order chi connectivity index (χ0) is 20.9. The van der Waals surface area contributed by atoms with Crippen LogP contribution in [0.2, 0.25) is 0 Å². The van der Waals surface area contributed by atoms with Gasteiger partial charge < -0.3 is 9.88 Å². The summed E-state index contributed by atoms with van der Waals surface area (Å²) in [5.41, 5.74) is 4.49. The number of fused-ring (bicyclic) bond motifs is 1. The van der Waals surface area contributed by atoms with Crippen LogP contribution in [0.3, 0.4) is 0 Å². The lowest BCUT2D eigenvalue weighted by Crippen LogP contribution is -2.30. The fraction of sp³-hybridized carbons (Fsp3) is 0.200. The van der Waals surface area contributed by atoms with E-state index in [2.05, 4.69) is 9.97 Å². The standard InChI is InChI=1S/C25H24FN3O/c1-2-29(19-9-4-3-5-10-19)24(30)13-8-11-20-21-17-18(26)14-15-22(21)28-25(20)23-12-6-7-16-27-23/h3-7,9-10,12,14-17,28H,2,8,11,13H2,1H3. The number of carbonyl (C=O) groups is 1. The number of para-hydroxylation sites is 1. The Morgan fingerprint density at radius 3 is 2.60 bits per heavy atom. The normalized spacial score (nSPS) is 11.0. The maximum atomic E-state index is 13.9. The zero-order valence-electron chi connectivity index (χ0n) is 16.9. The van der Waals surface area contributed by atoms with Crippen LogP contribution in [0, 0.1) is 5.82 Å². The maximum absolute atomic E-state index is 13.9. The fourth-order valence-corrected chi connectivity index (χ4v) is 3.87. The van der Waals surface area contributed by atoms with Crippen molar-refractivity contribution in [3.8, 4) is 11.4 Å². The molecular formula is C25H24FN3O. The number of anilines is 1. The van der Waals surface area contributed by atoms with Crippen molar-refractivity contribution in [3.05, 3.63) is 84.3 Å². The largest absolute Gasteiger partial charge is 0.353 e. The number of H-pyrrole nitrogens is 1. The van der Waals surface area contributed by atoms with E-state index in [4.69, 9.17) is 0 Å². The predicted molar refractivity (Wildman–Crippen MR) is 119 cm³/mol. The third-order valence-corrected chi connectivity index (χ3v) is 5.29. The second-order valence-corrected chi connectivity index (χ2v) is 7.21. The molecule has 0 aliphatic heterocycles. The Morgan fingerprint density at radius 2 is 1.87 bits per heavy atom. The molecule has 2 aromatic heterocycles. The van der Waals surface area contributed by atoms with E-state index in [0.29, 0.717) is 25.8 Å². The fourth-order valence-electron chi connectivity index (χ4n) is 3.87. The van der Waals surface area contributed by atoms with Gasteiger partial charge in [0.2, 0.25) is 5.91 Å². The minimum atomic E-state index is -0.271. The van der Waals surface area contributed by atoms with Crippen LogP contribution in [-0.2, 0) is 11.2 Å². The molecule has 4 rings (SSSR count). The minimum Gasteiger partial charge on any atom is -0.353 e. The first-order valence-corrected chi connectivity index (χ1v) is 10.2. The van der Waals surface area contributed by atoms with Crippen molar-refractivity contribution in [2.45, 2.75) is 26.2 Å². The number of rotatable bonds is 7. The first-order valence-electron chi connectivity index (χ1n) is 10.2. The molecule has 5 heteroatoms. The quantitative estimate of drug-likeness (QED) is 0.429. The van der Waals surface area contributed by atoms with Gasteiger partial charge >= 0.3 is 0 Å². The molecule has 30 heavy (non-hydrogen) atoms. The summed E-state index contributed by atoms with van der Waals surface area (Å²) in [7, 11) is 0. The summed E-state index contributed by atoms with van der Waals surface area (Å²) in [6, 6.07) is 20.2. The van der Waals surface area contributed by atoms with Crippen LogP contribution in [0.15, 0.2) is 72.9 Å². The number of halogens is 1. The zero-order valence-corrected chi connectivity index (χ0v) is 16.9. The number of aromatic nitrogens is 2. The van der Waals surface area contributed by atoms with Crippen molar-refractivity contribution < 1.29 is 9.18 Å². The van der Waals surface area contributed by atoms with E-state index in [1.165, 1.54) is 6.07 Å². The highest BCUT2D eigenvalue weighted by atomic mass is 19.1. The summed E-state index contributed by atoms with van der Waals surface area (Å²) in [6.45, 7) is 2.60. The number of aryl methyl sites for hydroxylation is 1. The number of hydrogen-bond donors (Lipinski definition) is 1. The lowest BCUT2D eigenvalue weighted by Gasteiger charge is -2.21. The van der Waals surface area contributed by atoms with Crippen molar-refractivity contribution in [3.63, 3.8) is 0 Å². The van der Waals surface area contributed by atoms with Crippen LogP contribution in [0.5, 0.6) is 0 Å². The van der Waals surface area contributed by atoms with Crippen molar-refractivity contribution in [1.29, 1.82) is 0 Å².